The third kappa shape index (κ3) is 18.7. The van der Waals surface area contributed by atoms with E-state index in [1.165, 1.54) is 63.9 Å². The quantitative estimate of drug-likeness (QED) is 0.146. The van der Waals surface area contributed by atoms with E-state index in [-0.39, 0.29) is 12.5 Å². The molecule has 1 amide bonds. The first-order valence-corrected chi connectivity index (χ1v) is 14.0. The zero-order chi connectivity index (χ0) is 24.2. The number of furan rings is 1. The molecule has 0 saturated carbocycles. The lowest BCUT2D eigenvalue weighted by atomic mass is 10.1. The van der Waals surface area contributed by atoms with Gasteiger partial charge in [-0.25, -0.2) is 0 Å². The molecule has 0 aliphatic heterocycles. The van der Waals surface area contributed by atoms with Crippen LogP contribution in [0.1, 0.15) is 102 Å². The van der Waals surface area contributed by atoms with Gasteiger partial charge in [0, 0.05) is 6.42 Å². The second kappa shape index (κ2) is 19.0. The van der Waals surface area contributed by atoms with Crippen molar-refractivity contribution in [3.8, 4) is 0 Å². The molecule has 0 saturated heterocycles. The first kappa shape index (κ1) is 29.6. The molecule has 8 heteroatoms. The Morgan fingerprint density at radius 2 is 1.64 bits per heavy atom. The monoisotopic (exact) mass is 483 g/mol. The lowest BCUT2D eigenvalue weighted by molar-refractivity contribution is -0.342. The van der Waals surface area contributed by atoms with Gasteiger partial charge in [-0.2, -0.15) is 0 Å². The van der Waals surface area contributed by atoms with Gasteiger partial charge >= 0.3 is 0 Å². The molecule has 1 aromatic rings. The van der Waals surface area contributed by atoms with Gasteiger partial charge in [-0.3, -0.25) is 4.79 Å². The van der Waals surface area contributed by atoms with Gasteiger partial charge in [0.1, 0.15) is 0 Å². The normalized spacial score (nSPS) is 12.9. The Morgan fingerprint density at radius 3 is 2.21 bits per heavy atom. The molecular weight excluding hydrogens is 441 g/mol. The number of carbonyl (C=O) groups is 1. The lowest BCUT2D eigenvalue weighted by Gasteiger charge is -2.31. The van der Waals surface area contributed by atoms with Gasteiger partial charge in [0.25, 0.3) is 0 Å². The van der Waals surface area contributed by atoms with Gasteiger partial charge in [-0.1, -0.05) is 70.4 Å². The minimum absolute atomic E-state index is 0.170. The van der Waals surface area contributed by atoms with Crippen molar-refractivity contribution in [1.29, 1.82) is 0 Å². The molecule has 33 heavy (non-hydrogen) atoms. The second-order valence-corrected chi connectivity index (χ2v) is 9.83. The smallest absolute Gasteiger partial charge is 0.220 e. The molecule has 0 spiro atoms. The fraction of sp³-hybridized carbons (Fsp3) is 0.720. The van der Waals surface area contributed by atoms with E-state index in [1.807, 2.05) is 0 Å². The first-order valence-electron chi connectivity index (χ1n) is 12.5. The zero-order valence-electron chi connectivity index (χ0n) is 20.2. The molecule has 1 rings (SSSR count). The summed E-state index contributed by atoms with van der Waals surface area (Å²) in [7, 11) is -5.09. The van der Waals surface area contributed by atoms with Crippen molar-refractivity contribution in [2.45, 2.75) is 109 Å². The number of phosphoric ester groups is 1. The van der Waals surface area contributed by atoms with Crippen molar-refractivity contribution in [3.05, 3.63) is 36.3 Å². The van der Waals surface area contributed by atoms with Crippen LogP contribution in [0.15, 0.2) is 35.2 Å². The third-order valence-electron chi connectivity index (χ3n) is 5.53. The van der Waals surface area contributed by atoms with Gasteiger partial charge in [0.2, 0.25) is 5.91 Å². The molecule has 0 aromatic carbocycles. The Balaban J connectivity index is 2.06. The molecular formula is C25H42NO6P-2. The predicted octanol–water partition coefficient (Wildman–Crippen LogP) is 5.19. The molecule has 0 radical (unpaired) electrons. The highest BCUT2D eigenvalue weighted by atomic mass is 31.2. The second-order valence-electron chi connectivity index (χ2n) is 8.68. The highest BCUT2D eigenvalue weighted by Crippen LogP contribution is 2.25. The third-order valence-corrected chi connectivity index (χ3v) is 5.99. The highest BCUT2D eigenvalue weighted by molar-refractivity contribution is 7.43. The van der Waals surface area contributed by atoms with Crippen LogP contribution in [0.25, 0.3) is 0 Å². The number of unbranched alkanes of at least 4 members (excludes halogenated alkanes) is 11. The van der Waals surface area contributed by atoms with Crippen LogP contribution in [-0.4, -0.2) is 18.6 Å². The van der Waals surface area contributed by atoms with E-state index in [0.717, 1.165) is 37.7 Å². The van der Waals surface area contributed by atoms with Gasteiger partial charge < -0.3 is 28.6 Å². The van der Waals surface area contributed by atoms with E-state index in [4.69, 9.17) is 4.42 Å². The van der Waals surface area contributed by atoms with Crippen LogP contribution >= 0.6 is 7.82 Å². The summed E-state index contributed by atoms with van der Waals surface area (Å²) in [5.41, 5.74) is 0.788. The van der Waals surface area contributed by atoms with Gasteiger partial charge in [-0.15, -0.1) is 0 Å². The molecule has 0 fully saturated rings. The summed E-state index contributed by atoms with van der Waals surface area (Å²) < 4.78 is 20.1. The summed E-state index contributed by atoms with van der Waals surface area (Å²) in [6.07, 6.45) is 23.8. The van der Waals surface area contributed by atoms with E-state index in [2.05, 4.69) is 28.9 Å². The Bertz CT molecular complexity index is 670. The Labute approximate surface area is 199 Å². The number of hydrogen-bond donors (Lipinski definition) is 1. The van der Waals surface area contributed by atoms with Crippen molar-refractivity contribution in [3.63, 3.8) is 0 Å². The summed E-state index contributed by atoms with van der Waals surface area (Å²) in [6, 6.07) is 1.12. The molecule has 1 heterocycles. The van der Waals surface area contributed by atoms with Gasteiger partial charge in [0.15, 0.2) is 0 Å². The molecule has 190 valence electrons. The van der Waals surface area contributed by atoms with E-state index in [0.29, 0.717) is 12.8 Å². The predicted molar refractivity (Wildman–Crippen MR) is 127 cm³/mol. The van der Waals surface area contributed by atoms with Crippen molar-refractivity contribution >= 4 is 13.7 Å². The van der Waals surface area contributed by atoms with Crippen molar-refractivity contribution in [2.24, 2.45) is 0 Å². The highest BCUT2D eigenvalue weighted by Gasteiger charge is 2.15. The van der Waals surface area contributed by atoms with Crippen LogP contribution in [0.3, 0.4) is 0 Å². The molecule has 0 unspecified atom stereocenters. The fourth-order valence-electron chi connectivity index (χ4n) is 3.68. The number of phosphoric acid groups is 1. The van der Waals surface area contributed by atoms with E-state index in [9.17, 15) is 19.1 Å². The van der Waals surface area contributed by atoms with E-state index in [1.54, 1.807) is 6.07 Å². The Kier molecular flexibility index (Phi) is 17.0. The SMILES string of the molecule is CCCCCCCC/C=C\CCCCCCCC(=O)N[C@H](COP(=O)([O-])[O-])Cc1ccoc1. The van der Waals surface area contributed by atoms with Crippen molar-refractivity contribution in [1.82, 2.24) is 5.32 Å². The van der Waals surface area contributed by atoms with Crippen molar-refractivity contribution < 1.29 is 28.1 Å². The lowest BCUT2D eigenvalue weighted by Crippen LogP contribution is -2.40. The standard InChI is InChI=1S/C25H44NO6P/c1-2-3-4-5-6-7-8-9-10-11-12-13-14-15-16-17-25(27)26-24(22-32-33(28,29)30)20-23-18-19-31-21-23/h9-10,18-19,21,24H,2-8,11-17,20,22H2,1H3,(H,26,27)(H2,28,29,30)/p-2/b10-9-/t24-/m0/s1. The Morgan fingerprint density at radius 1 is 1.03 bits per heavy atom. The number of carbonyl (C=O) groups excluding carboxylic acids is 1. The summed E-state index contributed by atoms with van der Waals surface area (Å²) in [5.74, 6) is -0.170. The molecule has 1 atom stereocenters. The molecule has 0 aliphatic carbocycles. The summed E-state index contributed by atoms with van der Waals surface area (Å²) in [6.45, 7) is 1.86. The van der Waals surface area contributed by atoms with Crippen LogP contribution in [0.4, 0.5) is 0 Å². The van der Waals surface area contributed by atoms with E-state index < -0.39 is 13.9 Å². The van der Waals surface area contributed by atoms with Gasteiger partial charge in [0.05, 0.1) is 33.0 Å². The van der Waals surface area contributed by atoms with Crippen LogP contribution in [0, 0.1) is 0 Å². The minimum atomic E-state index is -5.09. The largest absolute Gasteiger partial charge is 0.790 e. The maximum absolute atomic E-state index is 12.2. The average Bonchev–Trinajstić information content (AvgIpc) is 3.27. The van der Waals surface area contributed by atoms with Crippen LogP contribution in [0.5, 0.6) is 0 Å². The number of allylic oxidation sites excluding steroid dienone is 2. The van der Waals surface area contributed by atoms with Crippen LogP contribution in [-0.2, 0) is 20.3 Å². The molecule has 7 nitrogen and oxygen atoms in total. The Hall–Kier alpha value is -1.40. The maximum Gasteiger partial charge on any atom is 0.220 e. The molecule has 0 bridgehead atoms. The van der Waals surface area contributed by atoms with Crippen LogP contribution < -0.4 is 15.1 Å². The number of hydrogen-bond acceptors (Lipinski definition) is 6. The minimum Gasteiger partial charge on any atom is -0.790 e. The summed E-state index contributed by atoms with van der Waals surface area (Å²) >= 11 is 0. The molecule has 1 aromatic heterocycles. The number of nitrogens with one attached hydrogen (secondary N) is 1. The average molecular weight is 484 g/mol. The summed E-state index contributed by atoms with van der Waals surface area (Å²) in [5, 5.41) is 2.76. The van der Waals surface area contributed by atoms with E-state index >= 15 is 0 Å². The molecule has 1 N–H and O–H groups in total. The first-order chi connectivity index (χ1) is 15.9. The number of rotatable bonds is 21. The zero-order valence-corrected chi connectivity index (χ0v) is 21.1. The van der Waals surface area contributed by atoms with Crippen LogP contribution in [0.2, 0.25) is 0 Å². The fourth-order valence-corrected chi connectivity index (χ4v) is 4.04. The maximum atomic E-state index is 12.2. The van der Waals surface area contributed by atoms with Crippen molar-refractivity contribution in [2.75, 3.05) is 6.61 Å². The number of amides is 1. The summed E-state index contributed by atoms with van der Waals surface area (Å²) in [4.78, 5) is 33.8. The topological polar surface area (TPSA) is 115 Å². The van der Waals surface area contributed by atoms with Gasteiger partial charge in [-0.05, 0) is 50.2 Å². The molecule has 0 aliphatic rings.